The molecule has 1 heterocycles. The Hall–Kier alpha value is -1.98. The number of nitrogens with zero attached hydrogens (tertiary/aromatic N) is 2. The van der Waals surface area contributed by atoms with Gasteiger partial charge in [-0.05, 0) is 47.1 Å². The average Bonchev–Trinajstić information content (AvgIpc) is 3.02. The number of thioether (sulfide) groups is 2. The second-order valence-electron chi connectivity index (χ2n) is 6.84. The van der Waals surface area contributed by atoms with Crippen LogP contribution in [-0.2, 0) is 11.3 Å². The fourth-order valence-electron chi connectivity index (χ4n) is 2.83. The minimum Gasteiger partial charge on any atom is -0.370 e. The lowest BCUT2D eigenvalue weighted by Crippen LogP contribution is -2.16. The Morgan fingerprint density at radius 1 is 1.11 bits per heavy atom. The van der Waals surface area contributed by atoms with E-state index in [0.29, 0.717) is 10.8 Å². The van der Waals surface area contributed by atoms with Crippen molar-refractivity contribution in [2.24, 2.45) is 4.99 Å². The van der Waals surface area contributed by atoms with Crippen molar-refractivity contribution >= 4 is 45.6 Å². The van der Waals surface area contributed by atoms with Crippen LogP contribution in [0.4, 0.5) is 5.69 Å². The number of amides is 1. The fraction of sp³-hybridized carbons (Fsp3) is 0.273. The van der Waals surface area contributed by atoms with Gasteiger partial charge in [0.15, 0.2) is 0 Å². The molecule has 0 saturated heterocycles. The first kappa shape index (κ1) is 19.8. The van der Waals surface area contributed by atoms with Gasteiger partial charge in [0.1, 0.15) is 4.38 Å². The van der Waals surface area contributed by atoms with Crippen molar-refractivity contribution in [1.29, 1.82) is 0 Å². The fourth-order valence-corrected chi connectivity index (χ4v) is 4.25. The van der Waals surface area contributed by atoms with Crippen LogP contribution in [0.3, 0.4) is 0 Å². The summed E-state index contributed by atoms with van der Waals surface area (Å²) in [5, 5.41) is 0. The van der Waals surface area contributed by atoms with Gasteiger partial charge >= 0.3 is 0 Å². The molecule has 2 aromatic carbocycles. The molecular weight excluding hydrogens is 372 g/mol. The summed E-state index contributed by atoms with van der Waals surface area (Å²) in [4.78, 5) is 18.8. The molecule has 0 bridgehead atoms. The van der Waals surface area contributed by atoms with E-state index in [2.05, 4.69) is 67.2 Å². The van der Waals surface area contributed by atoms with Crippen LogP contribution in [0.2, 0.25) is 0 Å². The van der Waals surface area contributed by atoms with E-state index in [9.17, 15) is 4.79 Å². The molecule has 5 heteroatoms. The van der Waals surface area contributed by atoms with E-state index >= 15 is 0 Å². The van der Waals surface area contributed by atoms with Gasteiger partial charge in [0.25, 0.3) is 5.91 Å². The minimum atomic E-state index is -0.143. The predicted molar refractivity (Wildman–Crippen MR) is 121 cm³/mol. The second kappa shape index (κ2) is 8.81. The Morgan fingerprint density at radius 2 is 1.78 bits per heavy atom. The molecule has 0 radical (unpaired) electrons. The summed E-state index contributed by atoms with van der Waals surface area (Å²) in [6, 6.07) is 17.1. The van der Waals surface area contributed by atoms with Gasteiger partial charge in [-0.1, -0.05) is 62.0 Å². The second-order valence-corrected chi connectivity index (χ2v) is 8.93. The van der Waals surface area contributed by atoms with E-state index in [1.165, 1.54) is 34.7 Å². The zero-order chi connectivity index (χ0) is 19.4. The van der Waals surface area contributed by atoms with Gasteiger partial charge in [0, 0.05) is 19.3 Å². The van der Waals surface area contributed by atoms with Gasteiger partial charge in [-0.15, -0.1) is 11.8 Å². The van der Waals surface area contributed by atoms with E-state index in [0.717, 1.165) is 22.2 Å². The van der Waals surface area contributed by atoms with Gasteiger partial charge in [-0.25, -0.2) is 0 Å². The molecule has 0 N–H and O–H groups in total. The minimum absolute atomic E-state index is 0.143. The van der Waals surface area contributed by atoms with Crippen LogP contribution in [0, 0.1) is 0 Å². The van der Waals surface area contributed by atoms with Crippen LogP contribution >= 0.6 is 23.5 Å². The quantitative estimate of drug-likeness (QED) is 0.600. The maximum Gasteiger partial charge on any atom is 0.285 e. The number of hydrogen-bond donors (Lipinski definition) is 0. The highest BCUT2D eigenvalue weighted by molar-refractivity contribution is 8.40. The number of anilines is 1. The van der Waals surface area contributed by atoms with Crippen molar-refractivity contribution in [3.63, 3.8) is 0 Å². The Balaban J connectivity index is 1.65. The Morgan fingerprint density at radius 3 is 2.33 bits per heavy atom. The summed E-state index contributed by atoms with van der Waals surface area (Å²) in [6.45, 7) is 5.28. The van der Waals surface area contributed by atoms with Crippen molar-refractivity contribution in [3.05, 3.63) is 70.1 Å². The molecule has 0 aromatic heterocycles. The smallest absolute Gasteiger partial charge is 0.285 e. The van der Waals surface area contributed by atoms with Crippen LogP contribution in [0.15, 0.2) is 58.4 Å². The van der Waals surface area contributed by atoms with Gasteiger partial charge in [0.05, 0.1) is 4.91 Å². The van der Waals surface area contributed by atoms with Crippen molar-refractivity contribution in [2.75, 3.05) is 18.2 Å². The van der Waals surface area contributed by atoms with Crippen LogP contribution in [0.5, 0.6) is 0 Å². The molecular formula is C22H24N2OS2. The van der Waals surface area contributed by atoms with Crippen LogP contribution < -0.4 is 4.90 Å². The topological polar surface area (TPSA) is 32.7 Å². The normalized spacial score (nSPS) is 15.5. The number of hydrogen-bond acceptors (Lipinski definition) is 4. The lowest BCUT2D eigenvalue weighted by molar-refractivity contribution is -0.113. The van der Waals surface area contributed by atoms with Gasteiger partial charge in [0.2, 0.25) is 0 Å². The number of carbonyl (C=O) groups is 1. The lowest BCUT2D eigenvalue weighted by Gasteiger charge is -2.20. The summed E-state index contributed by atoms with van der Waals surface area (Å²) in [5.41, 5.74) is 4.83. The molecule has 0 saturated carbocycles. The Bertz CT molecular complexity index is 868. The number of rotatable bonds is 5. The third-order valence-corrected chi connectivity index (χ3v) is 6.44. The molecule has 3 nitrogen and oxygen atoms in total. The maximum atomic E-state index is 11.9. The van der Waals surface area contributed by atoms with E-state index in [4.69, 9.17) is 0 Å². The highest BCUT2D eigenvalue weighted by atomic mass is 32.2. The highest BCUT2D eigenvalue weighted by Gasteiger charge is 2.20. The molecule has 1 amide bonds. The van der Waals surface area contributed by atoms with Gasteiger partial charge in [-0.3, -0.25) is 4.79 Å². The van der Waals surface area contributed by atoms with Gasteiger partial charge < -0.3 is 4.90 Å². The number of benzene rings is 2. The van der Waals surface area contributed by atoms with Gasteiger partial charge in [-0.2, -0.15) is 4.99 Å². The average molecular weight is 397 g/mol. The molecule has 0 fully saturated rings. The zero-order valence-electron chi connectivity index (χ0n) is 16.1. The summed E-state index contributed by atoms with van der Waals surface area (Å²) in [7, 11) is 2.10. The molecule has 1 aliphatic rings. The summed E-state index contributed by atoms with van der Waals surface area (Å²) < 4.78 is 0.811. The number of carbonyl (C=O) groups excluding carboxylic acids is 1. The molecule has 2 aromatic rings. The monoisotopic (exact) mass is 396 g/mol. The standard InChI is InChI=1S/C22H24N2OS2/c1-15(2)18-9-5-17(6-10-18)14-24(3)19-11-7-16(8-12-19)13-20-21(25)23-22(26-4)27-20/h5-13,15H,14H2,1-4H3/b20-13-. The maximum absolute atomic E-state index is 11.9. The van der Waals surface area contributed by atoms with Crippen molar-refractivity contribution in [1.82, 2.24) is 0 Å². The van der Waals surface area contributed by atoms with Crippen LogP contribution in [-0.4, -0.2) is 23.6 Å². The third-order valence-electron chi connectivity index (χ3n) is 4.47. The van der Waals surface area contributed by atoms with E-state index < -0.39 is 0 Å². The van der Waals surface area contributed by atoms with E-state index in [-0.39, 0.29) is 5.91 Å². The first-order valence-corrected chi connectivity index (χ1v) is 11.0. The summed E-state index contributed by atoms with van der Waals surface area (Å²) >= 11 is 2.95. The van der Waals surface area contributed by atoms with Crippen molar-refractivity contribution < 1.29 is 4.79 Å². The molecule has 0 unspecified atom stereocenters. The molecule has 1 aliphatic heterocycles. The Labute approximate surface area is 170 Å². The predicted octanol–water partition coefficient (Wildman–Crippen LogP) is 5.78. The molecule has 0 atom stereocenters. The highest BCUT2D eigenvalue weighted by Crippen LogP contribution is 2.32. The van der Waals surface area contributed by atoms with Crippen molar-refractivity contribution in [3.8, 4) is 0 Å². The molecule has 0 aliphatic carbocycles. The largest absolute Gasteiger partial charge is 0.370 e. The number of aliphatic imine (C=N–C) groups is 1. The summed E-state index contributed by atoms with van der Waals surface area (Å²) in [6.07, 6.45) is 3.84. The molecule has 27 heavy (non-hydrogen) atoms. The molecule has 140 valence electrons. The lowest BCUT2D eigenvalue weighted by atomic mass is 10.0. The molecule has 0 spiro atoms. The van der Waals surface area contributed by atoms with E-state index in [1.807, 2.05) is 24.5 Å². The van der Waals surface area contributed by atoms with Crippen LogP contribution in [0.1, 0.15) is 36.5 Å². The first-order chi connectivity index (χ1) is 13.0. The summed E-state index contributed by atoms with van der Waals surface area (Å²) in [5.74, 6) is 0.413. The van der Waals surface area contributed by atoms with Crippen LogP contribution in [0.25, 0.3) is 6.08 Å². The molecule has 3 rings (SSSR count). The zero-order valence-corrected chi connectivity index (χ0v) is 17.7. The first-order valence-electron chi connectivity index (χ1n) is 8.93. The Kier molecular flexibility index (Phi) is 6.45. The van der Waals surface area contributed by atoms with Crippen molar-refractivity contribution in [2.45, 2.75) is 26.3 Å². The van der Waals surface area contributed by atoms with E-state index in [1.54, 1.807) is 0 Å². The SMILES string of the molecule is CSC1=NC(=O)/C(=C/c2ccc(N(C)Cc3ccc(C(C)C)cc3)cc2)S1. The third kappa shape index (κ3) is 5.05.